The van der Waals surface area contributed by atoms with Crippen LogP contribution in [0.25, 0.3) is 0 Å². The van der Waals surface area contributed by atoms with E-state index in [1.54, 1.807) is 11.3 Å². The molecule has 0 radical (unpaired) electrons. The van der Waals surface area contributed by atoms with Gasteiger partial charge in [-0.2, -0.15) is 0 Å². The van der Waals surface area contributed by atoms with E-state index >= 15 is 0 Å². The van der Waals surface area contributed by atoms with Crippen LogP contribution in [-0.2, 0) is 13.0 Å². The predicted octanol–water partition coefficient (Wildman–Crippen LogP) is 2.12. The number of rotatable bonds is 4. The molecular formula is C9H16N2S. The molecule has 1 N–H and O–H groups in total. The fourth-order valence-electron chi connectivity index (χ4n) is 1.12. The Morgan fingerprint density at radius 3 is 2.67 bits per heavy atom. The van der Waals surface area contributed by atoms with E-state index in [0.717, 1.165) is 19.5 Å². The van der Waals surface area contributed by atoms with Crippen LogP contribution in [0.3, 0.4) is 0 Å². The molecule has 1 aromatic rings. The first-order valence-electron chi connectivity index (χ1n) is 4.43. The third kappa shape index (κ3) is 2.29. The van der Waals surface area contributed by atoms with Crippen molar-refractivity contribution in [1.29, 1.82) is 0 Å². The molecule has 1 heterocycles. The van der Waals surface area contributed by atoms with Gasteiger partial charge < -0.3 is 5.32 Å². The average molecular weight is 184 g/mol. The van der Waals surface area contributed by atoms with E-state index in [1.807, 2.05) is 0 Å². The summed E-state index contributed by atoms with van der Waals surface area (Å²) in [6, 6.07) is 0. The molecule has 0 unspecified atom stereocenters. The normalized spacial score (nSPS) is 10.6. The van der Waals surface area contributed by atoms with Crippen LogP contribution in [0.1, 0.15) is 29.4 Å². The van der Waals surface area contributed by atoms with Crippen LogP contribution in [-0.4, -0.2) is 11.5 Å². The van der Waals surface area contributed by atoms with Crippen LogP contribution in [0.5, 0.6) is 0 Å². The molecule has 0 saturated carbocycles. The Bertz CT molecular complexity index is 243. The van der Waals surface area contributed by atoms with Gasteiger partial charge >= 0.3 is 0 Å². The maximum atomic E-state index is 4.52. The first kappa shape index (κ1) is 9.68. The Morgan fingerprint density at radius 2 is 2.17 bits per heavy atom. The van der Waals surface area contributed by atoms with Gasteiger partial charge in [-0.1, -0.05) is 13.8 Å². The monoisotopic (exact) mass is 184 g/mol. The zero-order chi connectivity index (χ0) is 8.97. The van der Waals surface area contributed by atoms with Crippen molar-refractivity contribution < 1.29 is 0 Å². The summed E-state index contributed by atoms with van der Waals surface area (Å²) in [6.07, 6.45) is 1.05. The van der Waals surface area contributed by atoms with Gasteiger partial charge in [0.15, 0.2) is 0 Å². The molecule has 1 aromatic heterocycles. The Labute approximate surface area is 78.0 Å². The number of aromatic nitrogens is 1. The maximum Gasteiger partial charge on any atom is 0.107 e. The quantitative estimate of drug-likeness (QED) is 0.775. The second-order valence-corrected chi connectivity index (χ2v) is 4.03. The molecular weight excluding hydrogens is 168 g/mol. The highest BCUT2D eigenvalue weighted by Crippen LogP contribution is 2.17. The summed E-state index contributed by atoms with van der Waals surface area (Å²) in [5.41, 5.74) is 1.26. The molecule has 0 amide bonds. The molecule has 0 aliphatic heterocycles. The summed E-state index contributed by atoms with van der Waals surface area (Å²) in [5.74, 6) is 0. The van der Waals surface area contributed by atoms with Crippen molar-refractivity contribution in [1.82, 2.24) is 10.3 Å². The molecule has 12 heavy (non-hydrogen) atoms. The molecule has 0 spiro atoms. The lowest BCUT2D eigenvalue weighted by molar-refractivity contribution is 0.720. The topological polar surface area (TPSA) is 24.9 Å². The Hall–Kier alpha value is -0.410. The summed E-state index contributed by atoms with van der Waals surface area (Å²) in [4.78, 5) is 5.89. The summed E-state index contributed by atoms with van der Waals surface area (Å²) < 4.78 is 0. The van der Waals surface area contributed by atoms with Crippen molar-refractivity contribution in [2.45, 2.75) is 33.7 Å². The lowest BCUT2D eigenvalue weighted by Gasteiger charge is -1.94. The smallest absolute Gasteiger partial charge is 0.107 e. The Morgan fingerprint density at radius 1 is 1.42 bits per heavy atom. The number of thiazole rings is 1. The van der Waals surface area contributed by atoms with Crippen molar-refractivity contribution in [3.8, 4) is 0 Å². The van der Waals surface area contributed by atoms with E-state index in [1.165, 1.54) is 15.6 Å². The highest BCUT2D eigenvalue weighted by atomic mass is 32.1. The minimum atomic E-state index is 0.919. The predicted molar refractivity (Wildman–Crippen MR) is 53.6 cm³/mol. The van der Waals surface area contributed by atoms with E-state index in [2.05, 4.69) is 31.1 Å². The first-order valence-corrected chi connectivity index (χ1v) is 5.25. The number of hydrogen-bond acceptors (Lipinski definition) is 3. The molecule has 0 saturated heterocycles. The number of hydrogen-bond donors (Lipinski definition) is 1. The SMILES string of the molecule is CCNCc1nc(CC)c(C)s1. The molecule has 2 nitrogen and oxygen atoms in total. The van der Waals surface area contributed by atoms with Gasteiger partial charge in [0, 0.05) is 11.4 Å². The Balaban J connectivity index is 2.62. The van der Waals surface area contributed by atoms with Gasteiger partial charge in [0.05, 0.1) is 5.69 Å². The number of aryl methyl sites for hydroxylation is 2. The maximum absolute atomic E-state index is 4.52. The molecule has 0 aliphatic carbocycles. The molecule has 1 rings (SSSR count). The standard InChI is InChI=1S/C9H16N2S/c1-4-8-7(3)12-9(11-8)6-10-5-2/h10H,4-6H2,1-3H3. The zero-order valence-corrected chi connectivity index (χ0v) is 8.79. The van der Waals surface area contributed by atoms with Gasteiger partial charge in [-0.3, -0.25) is 0 Å². The third-order valence-electron chi connectivity index (χ3n) is 1.80. The van der Waals surface area contributed by atoms with Gasteiger partial charge in [-0.25, -0.2) is 4.98 Å². The van der Waals surface area contributed by atoms with Crippen LogP contribution in [0.15, 0.2) is 0 Å². The second kappa shape index (κ2) is 4.58. The molecule has 3 heteroatoms. The van der Waals surface area contributed by atoms with E-state index < -0.39 is 0 Å². The zero-order valence-electron chi connectivity index (χ0n) is 7.98. The first-order chi connectivity index (χ1) is 5.77. The third-order valence-corrected chi connectivity index (χ3v) is 2.81. The van der Waals surface area contributed by atoms with Crippen molar-refractivity contribution in [3.05, 3.63) is 15.6 Å². The lowest BCUT2D eigenvalue weighted by atomic mass is 10.3. The summed E-state index contributed by atoms with van der Waals surface area (Å²) in [6.45, 7) is 8.34. The second-order valence-electron chi connectivity index (χ2n) is 2.74. The highest BCUT2D eigenvalue weighted by molar-refractivity contribution is 7.11. The van der Waals surface area contributed by atoms with E-state index in [9.17, 15) is 0 Å². The lowest BCUT2D eigenvalue weighted by Crippen LogP contribution is -2.11. The van der Waals surface area contributed by atoms with Crippen molar-refractivity contribution >= 4 is 11.3 Å². The van der Waals surface area contributed by atoms with Gasteiger partial charge in [-0.15, -0.1) is 11.3 Å². The van der Waals surface area contributed by atoms with Crippen LogP contribution in [0.2, 0.25) is 0 Å². The summed E-state index contributed by atoms with van der Waals surface area (Å²) in [7, 11) is 0. The van der Waals surface area contributed by atoms with Gasteiger partial charge in [-0.05, 0) is 19.9 Å². The fourth-order valence-corrected chi connectivity index (χ4v) is 2.11. The molecule has 0 aliphatic rings. The number of nitrogens with one attached hydrogen (secondary N) is 1. The molecule has 0 fully saturated rings. The average Bonchev–Trinajstić information content (AvgIpc) is 2.43. The minimum absolute atomic E-state index is 0.919. The van der Waals surface area contributed by atoms with Gasteiger partial charge in [0.2, 0.25) is 0 Å². The minimum Gasteiger partial charge on any atom is -0.311 e. The molecule has 68 valence electrons. The largest absolute Gasteiger partial charge is 0.311 e. The van der Waals surface area contributed by atoms with E-state index in [4.69, 9.17) is 0 Å². The Kier molecular flexibility index (Phi) is 3.69. The van der Waals surface area contributed by atoms with Crippen molar-refractivity contribution in [2.75, 3.05) is 6.54 Å². The summed E-state index contributed by atoms with van der Waals surface area (Å²) in [5, 5.41) is 4.49. The summed E-state index contributed by atoms with van der Waals surface area (Å²) >= 11 is 1.81. The fraction of sp³-hybridized carbons (Fsp3) is 0.667. The van der Waals surface area contributed by atoms with Crippen molar-refractivity contribution in [3.63, 3.8) is 0 Å². The van der Waals surface area contributed by atoms with Gasteiger partial charge in [0.25, 0.3) is 0 Å². The van der Waals surface area contributed by atoms with E-state index in [-0.39, 0.29) is 0 Å². The highest BCUT2D eigenvalue weighted by Gasteiger charge is 2.03. The van der Waals surface area contributed by atoms with Crippen LogP contribution in [0.4, 0.5) is 0 Å². The van der Waals surface area contributed by atoms with Crippen LogP contribution < -0.4 is 5.32 Å². The molecule has 0 atom stereocenters. The molecule has 0 bridgehead atoms. The van der Waals surface area contributed by atoms with Gasteiger partial charge in [0.1, 0.15) is 5.01 Å². The number of nitrogens with zero attached hydrogens (tertiary/aromatic N) is 1. The van der Waals surface area contributed by atoms with Crippen molar-refractivity contribution in [2.24, 2.45) is 0 Å². The van der Waals surface area contributed by atoms with E-state index in [0.29, 0.717) is 0 Å². The van der Waals surface area contributed by atoms with Crippen LogP contribution in [0, 0.1) is 6.92 Å². The van der Waals surface area contributed by atoms with Crippen LogP contribution >= 0.6 is 11.3 Å². The molecule has 0 aromatic carbocycles.